The highest BCUT2D eigenvalue weighted by Crippen LogP contribution is 2.45. The van der Waals surface area contributed by atoms with Gasteiger partial charge in [-0.05, 0) is 69.2 Å². The third-order valence-electron chi connectivity index (χ3n) is 6.09. The molecule has 0 bridgehead atoms. The molecule has 3 aromatic rings. The minimum atomic E-state index is -3.19. The second-order valence-electron chi connectivity index (χ2n) is 9.84. The van der Waals surface area contributed by atoms with E-state index in [0.29, 0.717) is 11.3 Å². The first kappa shape index (κ1) is 26.6. The predicted molar refractivity (Wildman–Crippen MR) is 149 cm³/mol. The fourth-order valence-electron chi connectivity index (χ4n) is 4.64. The molecule has 0 aliphatic carbocycles. The molecule has 0 saturated heterocycles. The molecule has 1 aliphatic rings. The average molecular weight is 524 g/mol. The smallest absolute Gasteiger partial charge is 0.338 e. The first-order chi connectivity index (χ1) is 17.4. The normalized spacial score (nSPS) is 14.6. The van der Waals surface area contributed by atoms with Crippen molar-refractivity contribution in [2.75, 3.05) is 18.7 Å². The van der Waals surface area contributed by atoms with E-state index in [1.165, 1.54) is 13.4 Å². The maximum atomic E-state index is 12.9. The summed E-state index contributed by atoms with van der Waals surface area (Å²) >= 11 is 0. The van der Waals surface area contributed by atoms with Gasteiger partial charge in [-0.1, -0.05) is 29.8 Å². The lowest BCUT2D eigenvalue weighted by Gasteiger charge is -2.33. The van der Waals surface area contributed by atoms with Crippen LogP contribution in [0.25, 0.3) is 16.7 Å². The summed E-state index contributed by atoms with van der Waals surface area (Å²) in [6.07, 6.45) is 3.37. The van der Waals surface area contributed by atoms with E-state index in [1.54, 1.807) is 30.3 Å². The number of fused-ring (bicyclic) bond motifs is 1. The Morgan fingerprint density at radius 2 is 1.68 bits per heavy atom. The Bertz CT molecular complexity index is 1360. The highest BCUT2D eigenvalue weighted by atomic mass is 32.3. The number of esters is 1. The van der Waals surface area contributed by atoms with E-state index in [1.807, 2.05) is 31.2 Å². The number of anilines is 1. The van der Waals surface area contributed by atoms with E-state index in [4.69, 9.17) is 13.7 Å². The highest BCUT2D eigenvalue weighted by Gasteiger charge is 2.27. The average Bonchev–Trinajstić information content (AvgIpc) is 2.81. The number of benzene rings is 3. The molecule has 37 heavy (non-hydrogen) atoms. The van der Waals surface area contributed by atoms with Crippen LogP contribution in [-0.2, 0) is 11.3 Å². The molecular formula is C29H33NO6S. The van der Waals surface area contributed by atoms with E-state index < -0.39 is 16.8 Å². The minimum Gasteiger partial charge on any atom is -0.496 e. The van der Waals surface area contributed by atoms with Gasteiger partial charge in [-0.25, -0.2) is 4.79 Å². The molecule has 4 rings (SSSR count). The van der Waals surface area contributed by atoms with Crippen LogP contribution in [0.3, 0.4) is 0 Å². The molecule has 0 unspecified atom stereocenters. The summed E-state index contributed by atoms with van der Waals surface area (Å²) in [7, 11) is -1.66. The summed E-state index contributed by atoms with van der Waals surface area (Å²) in [5.41, 5.74) is 6.74. The van der Waals surface area contributed by atoms with Crippen LogP contribution in [0.15, 0.2) is 60.7 Å². The zero-order valence-corrected chi connectivity index (χ0v) is 22.7. The van der Waals surface area contributed by atoms with Crippen molar-refractivity contribution in [2.45, 2.75) is 39.8 Å². The van der Waals surface area contributed by atoms with Crippen molar-refractivity contribution in [3.05, 3.63) is 82.9 Å². The second kappa shape index (κ2) is 10.1. The fraction of sp³-hybridized carbons (Fsp3) is 0.276. The number of hydrogen-bond donors (Lipinski definition) is 3. The van der Waals surface area contributed by atoms with E-state index >= 15 is 0 Å². The van der Waals surface area contributed by atoms with Crippen LogP contribution < -0.4 is 14.2 Å². The quantitative estimate of drug-likeness (QED) is 0.279. The molecule has 0 spiro atoms. The van der Waals surface area contributed by atoms with Crippen LogP contribution in [0, 0.1) is 6.92 Å². The SMILES string of the molecule is COc1cc(OS(C)(O)O)ccc1-c1ccc2c(c1COC(=O)c1ccc(C)cc1)C(C)=CC(C)(C)N2. The molecule has 0 radical (unpaired) electrons. The lowest BCUT2D eigenvalue weighted by Crippen LogP contribution is -2.32. The molecule has 0 saturated carbocycles. The Kier molecular flexibility index (Phi) is 7.28. The standard InChI is InChI=1S/C29H33NO6S/c1-18-7-9-20(10-8-18)28(31)35-17-24-22(13-14-25-27(24)19(2)16-29(3,4)30-25)23-12-11-21(15-26(23)34-5)36-37(6,32)33/h7-16,30,32-33H,17H2,1-6H3. The topological polar surface area (TPSA) is 97.2 Å². The highest BCUT2D eigenvalue weighted by molar-refractivity contribution is 8.19. The number of allylic oxidation sites excluding steroid dienone is 1. The predicted octanol–water partition coefficient (Wildman–Crippen LogP) is 7.31. The molecule has 1 heterocycles. The lowest BCUT2D eigenvalue weighted by atomic mass is 9.85. The molecule has 3 N–H and O–H groups in total. The maximum absolute atomic E-state index is 12.9. The molecule has 0 atom stereocenters. The van der Waals surface area contributed by atoms with Gasteiger partial charge in [0.15, 0.2) is 0 Å². The zero-order chi connectivity index (χ0) is 27.0. The molecule has 8 heteroatoms. The van der Waals surface area contributed by atoms with Gasteiger partial charge in [0.2, 0.25) is 0 Å². The van der Waals surface area contributed by atoms with Crippen LogP contribution in [0.4, 0.5) is 5.69 Å². The summed E-state index contributed by atoms with van der Waals surface area (Å²) in [5.74, 6) is 0.351. The van der Waals surface area contributed by atoms with Gasteiger partial charge in [-0.2, -0.15) is 0 Å². The Hall–Kier alpha value is -3.46. The molecule has 1 aliphatic heterocycles. The van der Waals surface area contributed by atoms with Crippen LogP contribution in [0.2, 0.25) is 0 Å². The maximum Gasteiger partial charge on any atom is 0.338 e. The van der Waals surface area contributed by atoms with Crippen LogP contribution in [-0.4, -0.2) is 34.0 Å². The molecule has 0 fully saturated rings. The van der Waals surface area contributed by atoms with Crippen molar-refractivity contribution >= 4 is 28.1 Å². The summed E-state index contributed by atoms with van der Waals surface area (Å²) in [6.45, 7) is 8.27. The molecule has 7 nitrogen and oxygen atoms in total. The van der Waals surface area contributed by atoms with Crippen molar-refractivity contribution < 1.29 is 27.6 Å². The van der Waals surface area contributed by atoms with Gasteiger partial charge < -0.3 is 19.0 Å². The number of aryl methyl sites for hydroxylation is 1. The number of methoxy groups -OCH3 is 1. The van der Waals surface area contributed by atoms with Gasteiger partial charge in [-0.15, -0.1) is 0 Å². The van der Waals surface area contributed by atoms with Crippen molar-refractivity contribution in [1.82, 2.24) is 0 Å². The number of nitrogens with one attached hydrogen (secondary N) is 1. The zero-order valence-electron chi connectivity index (χ0n) is 21.9. The van der Waals surface area contributed by atoms with E-state index in [-0.39, 0.29) is 17.9 Å². The van der Waals surface area contributed by atoms with Crippen molar-refractivity contribution in [2.24, 2.45) is 0 Å². The summed E-state index contributed by atoms with van der Waals surface area (Å²) in [5, 5.41) is 3.55. The number of carbonyl (C=O) groups is 1. The monoisotopic (exact) mass is 523 g/mol. The van der Waals surface area contributed by atoms with E-state index in [0.717, 1.165) is 39.1 Å². The van der Waals surface area contributed by atoms with Crippen molar-refractivity contribution in [3.63, 3.8) is 0 Å². The van der Waals surface area contributed by atoms with Gasteiger partial charge in [-0.3, -0.25) is 9.11 Å². The Balaban J connectivity index is 1.79. The van der Waals surface area contributed by atoms with Crippen LogP contribution in [0.1, 0.15) is 47.8 Å². The van der Waals surface area contributed by atoms with Gasteiger partial charge in [0.25, 0.3) is 0 Å². The summed E-state index contributed by atoms with van der Waals surface area (Å²) < 4.78 is 36.2. The molecule has 196 valence electrons. The Morgan fingerprint density at radius 3 is 2.32 bits per heavy atom. The third kappa shape index (κ3) is 6.10. The summed E-state index contributed by atoms with van der Waals surface area (Å²) in [4.78, 5) is 12.9. The second-order valence-corrected chi connectivity index (χ2v) is 11.5. The third-order valence-corrected chi connectivity index (χ3v) is 6.60. The van der Waals surface area contributed by atoms with Crippen LogP contribution in [0.5, 0.6) is 11.5 Å². The van der Waals surface area contributed by atoms with Gasteiger partial charge in [0.1, 0.15) is 29.0 Å². The van der Waals surface area contributed by atoms with Crippen LogP contribution >= 0.6 is 10.9 Å². The number of rotatable bonds is 7. The van der Waals surface area contributed by atoms with E-state index in [2.05, 4.69) is 32.2 Å². The van der Waals surface area contributed by atoms with Gasteiger partial charge >= 0.3 is 5.97 Å². The minimum absolute atomic E-state index is 0.0510. The number of carbonyl (C=O) groups excluding carboxylic acids is 1. The lowest BCUT2D eigenvalue weighted by molar-refractivity contribution is 0.0473. The number of hydrogen-bond acceptors (Lipinski definition) is 7. The van der Waals surface area contributed by atoms with E-state index in [9.17, 15) is 13.9 Å². The molecule has 0 amide bonds. The molecule has 3 aromatic carbocycles. The Labute approximate surface area is 219 Å². The van der Waals surface area contributed by atoms with Gasteiger partial charge in [0, 0.05) is 34.7 Å². The van der Waals surface area contributed by atoms with Gasteiger partial charge in [0.05, 0.1) is 18.2 Å². The van der Waals surface area contributed by atoms with Crippen molar-refractivity contribution in [3.8, 4) is 22.6 Å². The fourth-order valence-corrected chi connectivity index (χ4v) is 5.11. The first-order valence-electron chi connectivity index (χ1n) is 11.9. The first-order valence-corrected chi connectivity index (χ1v) is 13.7. The van der Waals surface area contributed by atoms with Crippen molar-refractivity contribution in [1.29, 1.82) is 0 Å². The summed E-state index contributed by atoms with van der Waals surface area (Å²) in [6, 6.07) is 16.3. The Morgan fingerprint density at radius 1 is 1.00 bits per heavy atom. The molecular weight excluding hydrogens is 490 g/mol. The largest absolute Gasteiger partial charge is 0.496 e. The number of ether oxygens (including phenoxy) is 2. The molecule has 0 aromatic heterocycles.